The predicted octanol–water partition coefficient (Wildman–Crippen LogP) is 2.41. The maximum atomic E-state index is 11.3. The van der Waals surface area contributed by atoms with Crippen molar-refractivity contribution in [2.45, 2.75) is 32.6 Å². The number of imidazole rings is 1. The molecule has 2 aromatic rings. The van der Waals surface area contributed by atoms with E-state index in [1.807, 2.05) is 18.5 Å². The molecule has 0 bridgehead atoms. The Balaban J connectivity index is 1.64. The summed E-state index contributed by atoms with van der Waals surface area (Å²) >= 11 is 1.56. The van der Waals surface area contributed by atoms with Gasteiger partial charge in [-0.2, -0.15) is 0 Å². The van der Waals surface area contributed by atoms with Crippen molar-refractivity contribution in [1.82, 2.24) is 15.0 Å². The number of ether oxygens (including phenoxy) is 1. The van der Waals surface area contributed by atoms with Crippen LogP contribution in [0.15, 0.2) is 17.8 Å². The van der Waals surface area contributed by atoms with Crippen molar-refractivity contribution in [3.63, 3.8) is 0 Å². The van der Waals surface area contributed by atoms with E-state index in [1.165, 1.54) is 0 Å². The monoisotopic (exact) mass is 308 g/mol. The summed E-state index contributed by atoms with van der Waals surface area (Å²) in [5.74, 6) is 0.838. The van der Waals surface area contributed by atoms with E-state index in [1.54, 1.807) is 17.5 Å². The predicted molar refractivity (Wildman–Crippen MR) is 82.5 cm³/mol. The Morgan fingerprint density at radius 3 is 3.14 bits per heavy atom. The molecule has 0 fully saturated rings. The summed E-state index contributed by atoms with van der Waals surface area (Å²) in [5, 5.41) is 6.17. The number of aromatic nitrogens is 3. The van der Waals surface area contributed by atoms with Gasteiger partial charge < -0.3 is 15.0 Å². The Kier molecular flexibility index (Phi) is 6.21. The van der Waals surface area contributed by atoms with E-state index in [0.717, 1.165) is 36.0 Å². The van der Waals surface area contributed by atoms with Gasteiger partial charge in [0, 0.05) is 37.2 Å². The van der Waals surface area contributed by atoms with Crippen LogP contribution in [0.5, 0.6) is 0 Å². The lowest BCUT2D eigenvalue weighted by molar-refractivity contribution is -0.143. The fourth-order valence-corrected chi connectivity index (χ4v) is 2.63. The summed E-state index contributed by atoms with van der Waals surface area (Å²) < 4.78 is 4.90. The van der Waals surface area contributed by atoms with Gasteiger partial charge in [0.25, 0.3) is 0 Å². The minimum Gasteiger partial charge on any atom is -0.466 e. The average Bonchev–Trinajstić information content (AvgIpc) is 3.13. The zero-order chi connectivity index (χ0) is 14.9. The van der Waals surface area contributed by atoms with E-state index in [2.05, 4.69) is 20.3 Å². The molecule has 0 spiro atoms. The first-order valence-electron chi connectivity index (χ1n) is 7.10. The van der Waals surface area contributed by atoms with Crippen LogP contribution in [0.1, 0.15) is 31.3 Å². The average molecular weight is 308 g/mol. The second-order valence-electron chi connectivity index (χ2n) is 4.52. The number of carbonyl (C=O) groups is 1. The van der Waals surface area contributed by atoms with Crippen LogP contribution in [0.25, 0.3) is 0 Å². The van der Waals surface area contributed by atoms with Crippen molar-refractivity contribution < 1.29 is 9.53 Å². The lowest BCUT2D eigenvalue weighted by atomic mass is 10.2. The van der Waals surface area contributed by atoms with Gasteiger partial charge in [0.15, 0.2) is 5.13 Å². The standard InChI is InChI=1S/C14H20N4O2S/c1-2-20-13(19)6-5-11-10-21-14(18-11)17-7-3-4-12-15-8-9-16-12/h8-10H,2-7H2,1H3,(H,15,16)(H,17,18). The highest BCUT2D eigenvalue weighted by Crippen LogP contribution is 2.16. The molecular formula is C14H20N4O2S. The zero-order valence-electron chi connectivity index (χ0n) is 12.1. The SMILES string of the molecule is CCOC(=O)CCc1csc(NCCCc2ncc[nH]2)n1. The number of H-pyrrole nitrogens is 1. The van der Waals surface area contributed by atoms with Gasteiger partial charge in [0.1, 0.15) is 5.82 Å². The van der Waals surface area contributed by atoms with Gasteiger partial charge >= 0.3 is 5.97 Å². The molecule has 0 saturated heterocycles. The van der Waals surface area contributed by atoms with Crippen molar-refractivity contribution in [3.8, 4) is 0 Å². The fraction of sp³-hybridized carbons (Fsp3) is 0.500. The fourth-order valence-electron chi connectivity index (χ4n) is 1.85. The summed E-state index contributed by atoms with van der Waals surface area (Å²) in [6.45, 7) is 3.09. The number of nitrogens with zero attached hydrogens (tertiary/aromatic N) is 2. The number of hydrogen-bond donors (Lipinski definition) is 2. The molecule has 21 heavy (non-hydrogen) atoms. The second kappa shape index (κ2) is 8.41. The third-order valence-electron chi connectivity index (χ3n) is 2.86. The molecule has 0 aromatic carbocycles. The van der Waals surface area contributed by atoms with Gasteiger partial charge in [0.05, 0.1) is 18.7 Å². The first-order chi connectivity index (χ1) is 10.3. The molecule has 7 heteroatoms. The first-order valence-corrected chi connectivity index (χ1v) is 7.98. The number of rotatable bonds is 9. The highest BCUT2D eigenvalue weighted by atomic mass is 32.1. The Hall–Kier alpha value is -1.89. The van der Waals surface area contributed by atoms with Crippen molar-refractivity contribution in [2.24, 2.45) is 0 Å². The number of esters is 1. The van der Waals surface area contributed by atoms with E-state index in [0.29, 0.717) is 19.4 Å². The molecule has 0 atom stereocenters. The quantitative estimate of drug-likeness (QED) is 0.549. The lowest BCUT2D eigenvalue weighted by Gasteiger charge is -2.01. The smallest absolute Gasteiger partial charge is 0.306 e. The molecule has 6 nitrogen and oxygen atoms in total. The number of hydrogen-bond acceptors (Lipinski definition) is 6. The summed E-state index contributed by atoms with van der Waals surface area (Å²) in [6, 6.07) is 0. The van der Waals surface area contributed by atoms with E-state index in [9.17, 15) is 4.79 Å². The highest BCUT2D eigenvalue weighted by Gasteiger charge is 2.06. The van der Waals surface area contributed by atoms with Crippen LogP contribution < -0.4 is 5.32 Å². The van der Waals surface area contributed by atoms with Gasteiger partial charge in [-0.3, -0.25) is 4.79 Å². The largest absolute Gasteiger partial charge is 0.466 e. The Morgan fingerprint density at radius 1 is 1.48 bits per heavy atom. The zero-order valence-corrected chi connectivity index (χ0v) is 12.9. The van der Waals surface area contributed by atoms with Gasteiger partial charge in [-0.05, 0) is 13.3 Å². The van der Waals surface area contributed by atoms with E-state index >= 15 is 0 Å². The number of aromatic amines is 1. The van der Waals surface area contributed by atoms with E-state index in [4.69, 9.17) is 4.74 Å². The molecule has 114 valence electrons. The second-order valence-corrected chi connectivity index (χ2v) is 5.37. The number of nitrogens with one attached hydrogen (secondary N) is 2. The lowest BCUT2D eigenvalue weighted by Crippen LogP contribution is -2.06. The number of carbonyl (C=O) groups excluding carboxylic acids is 1. The molecule has 2 heterocycles. The molecule has 0 saturated carbocycles. The first kappa shape index (κ1) is 15.5. The summed E-state index contributed by atoms with van der Waals surface area (Å²) in [4.78, 5) is 23.0. The van der Waals surface area contributed by atoms with Crippen LogP contribution in [-0.2, 0) is 22.4 Å². The minimum atomic E-state index is -0.168. The normalized spacial score (nSPS) is 10.5. The molecule has 0 amide bonds. The summed E-state index contributed by atoms with van der Waals surface area (Å²) in [6.07, 6.45) is 6.52. The topological polar surface area (TPSA) is 79.9 Å². The molecule has 2 N–H and O–H groups in total. The third kappa shape index (κ3) is 5.55. The van der Waals surface area contributed by atoms with Crippen molar-refractivity contribution in [3.05, 3.63) is 29.3 Å². The molecular weight excluding hydrogens is 288 g/mol. The van der Waals surface area contributed by atoms with Gasteiger partial charge in [-0.15, -0.1) is 11.3 Å². The molecule has 2 aromatic heterocycles. The highest BCUT2D eigenvalue weighted by molar-refractivity contribution is 7.13. The van der Waals surface area contributed by atoms with Crippen LogP contribution in [0, 0.1) is 0 Å². The van der Waals surface area contributed by atoms with Gasteiger partial charge in [-0.1, -0.05) is 0 Å². The van der Waals surface area contributed by atoms with Crippen molar-refractivity contribution >= 4 is 22.4 Å². The van der Waals surface area contributed by atoms with Gasteiger partial charge in [0.2, 0.25) is 0 Å². The van der Waals surface area contributed by atoms with Crippen LogP contribution in [0.4, 0.5) is 5.13 Å². The van der Waals surface area contributed by atoms with Crippen LogP contribution >= 0.6 is 11.3 Å². The van der Waals surface area contributed by atoms with Crippen LogP contribution in [0.2, 0.25) is 0 Å². The van der Waals surface area contributed by atoms with Crippen LogP contribution in [0.3, 0.4) is 0 Å². The van der Waals surface area contributed by atoms with Crippen LogP contribution in [-0.4, -0.2) is 34.1 Å². The molecule has 0 aliphatic heterocycles. The molecule has 0 radical (unpaired) electrons. The van der Waals surface area contributed by atoms with Crippen molar-refractivity contribution in [2.75, 3.05) is 18.5 Å². The Labute approximate surface area is 128 Å². The maximum absolute atomic E-state index is 11.3. The van der Waals surface area contributed by atoms with E-state index < -0.39 is 0 Å². The van der Waals surface area contributed by atoms with E-state index in [-0.39, 0.29) is 5.97 Å². The van der Waals surface area contributed by atoms with Gasteiger partial charge in [-0.25, -0.2) is 9.97 Å². The number of aryl methyl sites for hydroxylation is 2. The minimum absolute atomic E-state index is 0.168. The summed E-state index contributed by atoms with van der Waals surface area (Å²) in [5.41, 5.74) is 0.932. The molecule has 0 aliphatic rings. The van der Waals surface area contributed by atoms with Crippen molar-refractivity contribution in [1.29, 1.82) is 0 Å². The molecule has 0 unspecified atom stereocenters. The Bertz CT molecular complexity index is 539. The number of thiazole rings is 1. The summed E-state index contributed by atoms with van der Waals surface area (Å²) in [7, 11) is 0. The maximum Gasteiger partial charge on any atom is 0.306 e. The molecule has 2 rings (SSSR count). The molecule has 0 aliphatic carbocycles. The Morgan fingerprint density at radius 2 is 2.38 bits per heavy atom. The third-order valence-corrected chi connectivity index (χ3v) is 3.71. The number of anilines is 1.